The summed E-state index contributed by atoms with van der Waals surface area (Å²) in [6.07, 6.45) is -0.348. The molecule has 492 valence electrons. The molecule has 6 aromatic carbocycles. The van der Waals surface area contributed by atoms with Gasteiger partial charge in [-0.15, -0.1) is 30.6 Å². The van der Waals surface area contributed by atoms with E-state index in [-0.39, 0.29) is 41.2 Å². The summed E-state index contributed by atoms with van der Waals surface area (Å²) >= 11 is 20.6. The van der Waals surface area contributed by atoms with Crippen molar-refractivity contribution in [3.05, 3.63) is 196 Å². The molecule has 9 heterocycles. The number of rotatable bonds is 15. The van der Waals surface area contributed by atoms with Crippen LogP contribution in [0.4, 0.5) is 22.0 Å². The molecule has 0 saturated carbocycles. The van der Waals surface area contributed by atoms with E-state index in [1.54, 1.807) is 26.4 Å². The van der Waals surface area contributed by atoms with Crippen molar-refractivity contribution < 1.29 is 22.0 Å². The van der Waals surface area contributed by atoms with E-state index >= 15 is 0 Å². The molecule has 0 N–H and O–H groups in total. The summed E-state index contributed by atoms with van der Waals surface area (Å²) in [5.41, 5.74) is 12.1. The summed E-state index contributed by atoms with van der Waals surface area (Å²) in [4.78, 5) is 5.89. The SMILES string of the molecule is C.C.C.Cc1cccc(-c2nn(CCN3CC[C@@H](F)C3)c3nnc(-c4ccccc4)c(Cl)c23)c1.FC1(F)CN(CCn2nc(-c3ccccc3)c3c(Cl)c(-c4ccccc4)nnc32)C1.Fc1ccc(-c2nn(CCN3CC[C@@H](F)C3)c3nnc(-c4ccccc4)c(Cl)c23)cc1. The summed E-state index contributed by atoms with van der Waals surface area (Å²) in [7, 11) is 0. The van der Waals surface area contributed by atoms with Gasteiger partial charge in [-0.25, -0.2) is 36.0 Å². The molecule has 0 amide bonds. The number of likely N-dealkylation sites (tertiary alicyclic amines) is 3. The van der Waals surface area contributed by atoms with Gasteiger partial charge < -0.3 is 0 Å². The Morgan fingerprint density at radius 1 is 0.400 bits per heavy atom. The van der Waals surface area contributed by atoms with Crippen molar-refractivity contribution in [3.63, 3.8) is 0 Å². The number of hydrogen-bond donors (Lipinski definition) is 0. The number of nitrogens with zero attached hydrogens (tertiary/aromatic N) is 15. The average Bonchev–Trinajstić information content (AvgIpc) is 1.65. The Morgan fingerprint density at radius 3 is 1.06 bits per heavy atom. The number of halogens is 8. The van der Waals surface area contributed by atoms with Crippen molar-refractivity contribution in [3.8, 4) is 67.5 Å². The van der Waals surface area contributed by atoms with Crippen LogP contribution in [0, 0.1) is 12.7 Å². The van der Waals surface area contributed by atoms with Crippen LogP contribution in [0.25, 0.3) is 101 Å². The van der Waals surface area contributed by atoms with E-state index in [0.29, 0.717) is 136 Å². The first-order chi connectivity index (χ1) is 44.7. The van der Waals surface area contributed by atoms with Crippen LogP contribution in [0.15, 0.2) is 170 Å². The Morgan fingerprint density at radius 2 is 0.726 bits per heavy atom. The summed E-state index contributed by atoms with van der Waals surface area (Å²) in [5.74, 6) is -2.91. The molecule has 0 spiro atoms. The second kappa shape index (κ2) is 30.4. The third-order valence-electron chi connectivity index (χ3n) is 16.6. The van der Waals surface area contributed by atoms with Crippen LogP contribution in [-0.2, 0) is 19.6 Å². The molecule has 12 aromatic rings. The molecule has 3 aliphatic rings. The van der Waals surface area contributed by atoms with Crippen molar-refractivity contribution in [2.75, 3.05) is 58.9 Å². The van der Waals surface area contributed by atoms with Crippen molar-refractivity contribution in [1.82, 2.24) is 74.6 Å². The molecule has 15 nitrogen and oxygen atoms in total. The highest BCUT2D eigenvalue weighted by Crippen LogP contribution is 2.41. The third kappa shape index (κ3) is 15.2. The first-order valence-corrected chi connectivity index (χ1v) is 31.5. The highest BCUT2D eigenvalue weighted by molar-refractivity contribution is 6.39. The van der Waals surface area contributed by atoms with E-state index in [1.165, 1.54) is 12.1 Å². The third-order valence-corrected chi connectivity index (χ3v) is 17.7. The first-order valence-electron chi connectivity index (χ1n) is 30.4. The molecule has 3 fully saturated rings. The minimum absolute atomic E-state index is 0. The van der Waals surface area contributed by atoms with Gasteiger partial charge in [-0.2, -0.15) is 15.3 Å². The number of benzene rings is 6. The Bertz CT molecular complexity index is 4540. The van der Waals surface area contributed by atoms with Gasteiger partial charge in [-0.1, -0.05) is 202 Å². The van der Waals surface area contributed by atoms with Crippen LogP contribution >= 0.6 is 34.8 Å². The van der Waals surface area contributed by atoms with Gasteiger partial charge in [0.25, 0.3) is 5.92 Å². The van der Waals surface area contributed by atoms with Crippen LogP contribution in [0.5, 0.6) is 0 Å². The van der Waals surface area contributed by atoms with Crippen LogP contribution in [0.3, 0.4) is 0 Å². The fraction of sp³-hybridized carbons (Fsp3) is 0.292. The molecule has 95 heavy (non-hydrogen) atoms. The van der Waals surface area contributed by atoms with Gasteiger partial charge in [0.1, 0.15) is 52.3 Å². The second-order valence-electron chi connectivity index (χ2n) is 23.2. The molecule has 23 heteroatoms. The Labute approximate surface area is 564 Å². The minimum Gasteiger partial charge on any atom is -0.299 e. The Balaban J connectivity index is 0.000000153. The Hall–Kier alpha value is -8.63. The van der Waals surface area contributed by atoms with E-state index in [4.69, 9.17) is 50.1 Å². The summed E-state index contributed by atoms with van der Waals surface area (Å²) in [5, 5.41) is 44.6. The zero-order chi connectivity index (χ0) is 63.5. The highest BCUT2D eigenvalue weighted by atomic mass is 35.5. The largest absolute Gasteiger partial charge is 0.299 e. The lowest BCUT2D eigenvalue weighted by molar-refractivity contribution is -0.131. The van der Waals surface area contributed by atoms with Crippen LogP contribution in [0.2, 0.25) is 15.1 Å². The monoisotopic (exact) mass is 1350 g/mol. The molecule has 6 aromatic heterocycles. The van der Waals surface area contributed by atoms with E-state index < -0.39 is 18.3 Å². The van der Waals surface area contributed by atoms with Gasteiger partial charge in [-0.3, -0.25) is 14.7 Å². The standard InChI is InChI=1S/C24H23ClFN5.C23H20ClF2N5.C22H18ClF2N5.3CH4/c1-16-6-5-9-18(14-16)22-20-21(25)23(17-7-3-2-4-8-17)27-28-24(20)31(29-22)13-12-30-11-10-19(26)15-30;24-20-19-21(16-6-8-17(25)9-7-16)29-31(13-12-30-11-10-18(26)14-30)23(19)28-27-22(20)15-4-2-1-3-5-15;23-18-17-19(15-7-3-1-4-8-15)28-30(12-11-29-13-22(24,25)14-29)21(17)27-26-20(18)16-9-5-2-6-10-16;;;/h2-9,14,19H,10-13,15H2,1H3;1-9,18H,10-14H2;1-10H,11-14H2;3*1H4/t19-;18-;;;;/m11..../s1. The lowest BCUT2D eigenvalue weighted by atomic mass is 10.1. The normalized spacial score (nSPS) is 16.1. The Kier molecular flexibility index (Phi) is 22.2. The second-order valence-corrected chi connectivity index (χ2v) is 24.3. The number of aromatic nitrogens is 12. The summed E-state index contributed by atoms with van der Waals surface area (Å²) < 4.78 is 72.2. The van der Waals surface area contributed by atoms with E-state index in [1.807, 2.05) is 138 Å². The molecule has 0 radical (unpaired) electrons. The quantitative estimate of drug-likeness (QED) is 0.0902. The summed E-state index contributed by atoms with van der Waals surface area (Å²) in [6.45, 7) is 7.42. The lowest BCUT2D eigenvalue weighted by Crippen LogP contribution is -2.56. The zero-order valence-corrected chi connectivity index (χ0v) is 52.2. The van der Waals surface area contributed by atoms with Gasteiger partial charge in [0.2, 0.25) is 0 Å². The predicted molar refractivity (Wildman–Crippen MR) is 372 cm³/mol. The molecule has 3 saturated heterocycles. The van der Waals surface area contributed by atoms with Crippen LogP contribution in [-0.4, -0.2) is 152 Å². The highest BCUT2D eigenvalue weighted by Gasteiger charge is 2.43. The molecule has 15 rings (SSSR count). The maximum atomic E-state index is 13.6. The molecular weight excluding hydrogens is 1280 g/mol. The number of alkyl halides is 4. The zero-order valence-electron chi connectivity index (χ0n) is 50.0. The van der Waals surface area contributed by atoms with Crippen molar-refractivity contribution in [2.45, 2.75) is 79.9 Å². The summed E-state index contributed by atoms with van der Waals surface area (Å²) in [6, 6.07) is 53.1. The smallest absolute Gasteiger partial charge is 0.272 e. The van der Waals surface area contributed by atoms with E-state index in [0.717, 1.165) is 63.1 Å². The number of hydrogen-bond acceptors (Lipinski definition) is 12. The average molecular weight is 1350 g/mol. The first kappa shape index (κ1) is 69.2. The number of fused-ring (bicyclic) bond motifs is 3. The van der Waals surface area contributed by atoms with Crippen molar-refractivity contribution >= 4 is 67.9 Å². The maximum Gasteiger partial charge on any atom is 0.272 e. The van der Waals surface area contributed by atoms with Gasteiger partial charge >= 0.3 is 0 Å². The number of aryl methyl sites for hydroxylation is 1. The molecular formula is C72H73Cl3F5N15. The van der Waals surface area contributed by atoms with Crippen molar-refractivity contribution in [2.24, 2.45) is 0 Å². The van der Waals surface area contributed by atoms with Gasteiger partial charge in [0, 0.05) is 79.2 Å². The molecule has 0 aliphatic carbocycles. The topological polar surface area (TPSA) is 141 Å². The van der Waals surface area contributed by atoms with Gasteiger partial charge in [-0.05, 0) is 50.1 Å². The molecule has 2 atom stereocenters. The van der Waals surface area contributed by atoms with Crippen molar-refractivity contribution in [1.29, 1.82) is 0 Å². The molecule has 0 bridgehead atoms. The molecule has 3 aliphatic heterocycles. The predicted octanol–water partition coefficient (Wildman–Crippen LogP) is 16.8. The fourth-order valence-electron chi connectivity index (χ4n) is 11.9. The maximum absolute atomic E-state index is 13.6. The van der Waals surface area contributed by atoms with Crippen LogP contribution < -0.4 is 0 Å². The fourth-order valence-corrected chi connectivity index (χ4v) is 12.9. The lowest BCUT2D eigenvalue weighted by Gasteiger charge is -2.38. The van der Waals surface area contributed by atoms with Gasteiger partial charge in [0.15, 0.2) is 16.9 Å². The van der Waals surface area contributed by atoms with E-state index in [2.05, 4.69) is 59.4 Å². The van der Waals surface area contributed by atoms with Crippen LogP contribution in [0.1, 0.15) is 40.7 Å². The minimum atomic E-state index is -2.59. The molecule has 0 unspecified atom stereocenters. The van der Waals surface area contributed by atoms with E-state index in [9.17, 15) is 22.0 Å². The van der Waals surface area contributed by atoms with Gasteiger partial charge in [0.05, 0.1) is 64.0 Å².